The maximum Gasteiger partial charge on any atom is 0.419 e. The predicted octanol–water partition coefficient (Wildman–Crippen LogP) is 1.02. The van der Waals surface area contributed by atoms with Crippen LogP contribution in [-0.2, 0) is 16.1 Å². The molecule has 0 unspecified atom stereocenters. The third-order valence-electron chi connectivity index (χ3n) is 3.46. The van der Waals surface area contributed by atoms with Crippen LogP contribution in [0.1, 0.15) is 26.7 Å². The summed E-state index contributed by atoms with van der Waals surface area (Å²) in [5.41, 5.74) is 1.14. The standard InChI is InChI=1S/C16H21N3O4/c1-3-9-17-15(21)11(2)18-14(20)8-10-19-12-6-4-5-7-13(12)23-16(19)22/h4-7,11H,3,8-10H2,1-2H3,(H,17,21)(H,18,20)/t11-/m1/s1. The van der Waals surface area contributed by atoms with E-state index in [0.717, 1.165) is 6.42 Å². The number of carbonyl (C=O) groups excluding carboxylic acids is 2. The van der Waals surface area contributed by atoms with Gasteiger partial charge in [0, 0.05) is 19.5 Å². The number of hydrogen-bond acceptors (Lipinski definition) is 4. The number of para-hydroxylation sites is 2. The minimum absolute atomic E-state index is 0.0921. The van der Waals surface area contributed by atoms with Crippen molar-refractivity contribution in [2.24, 2.45) is 0 Å². The van der Waals surface area contributed by atoms with E-state index in [1.54, 1.807) is 31.2 Å². The highest BCUT2D eigenvalue weighted by molar-refractivity contribution is 5.87. The molecule has 1 aromatic heterocycles. The number of aromatic nitrogens is 1. The molecule has 0 aliphatic rings. The van der Waals surface area contributed by atoms with Crippen LogP contribution in [0.4, 0.5) is 0 Å². The van der Waals surface area contributed by atoms with E-state index in [1.807, 2.05) is 6.92 Å². The zero-order valence-corrected chi connectivity index (χ0v) is 13.3. The van der Waals surface area contributed by atoms with Gasteiger partial charge in [-0.25, -0.2) is 4.79 Å². The molecular weight excluding hydrogens is 298 g/mol. The summed E-state index contributed by atoms with van der Waals surface area (Å²) in [4.78, 5) is 35.4. The fraction of sp³-hybridized carbons (Fsp3) is 0.438. The Morgan fingerprint density at radius 1 is 1.30 bits per heavy atom. The Balaban J connectivity index is 1.92. The maximum atomic E-state index is 11.9. The van der Waals surface area contributed by atoms with Crippen molar-refractivity contribution >= 4 is 22.9 Å². The summed E-state index contributed by atoms with van der Waals surface area (Å²) in [6.07, 6.45) is 0.928. The molecule has 2 N–H and O–H groups in total. The number of benzene rings is 1. The number of nitrogens with one attached hydrogen (secondary N) is 2. The average molecular weight is 319 g/mol. The van der Waals surface area contributed by atoms with Crippen LogP contribution in [0.2, 0.25) is 0 Å². The Morgan fingerprint density at radius 2 is 2.04 bits per heavy atom. The molecule has 2 aromatic rings. The fourth-order valence-electron chi connectivity index (χ4n) is 2.22. The highest BCUT2D eigenvalue weighted by Gasteiger charge is 2.16. The molecule has 1 atom stereocenters. The Bertz CT molecular complexity index is 747. The first-order chi connectivity index (χ1) is 11.0. The third-order valence-corrected chi connectivity index (χ3v) is 3.46. The summed E-state index contributed by atoms with van der Waals surface area (Å²) < 4.78 is 6.52. The number of carbonyl (C=O) groups is 2. The summed E-state index contributed by atoms with van der Waals surface area (Å²) in [5, 5.41) is 5.34. The number of rotatable bonds is 7. The molecule has 0 fully saturated rings. The number of fused-ring (bicyclic) bond motifs is 1. The minimum atomic E-state index is -0.605. The summed E-state index contributed by atoms with van der Waals surface area (Å²) >= 11 is 0. The van der Waals surface area contributed by atoms with Crippen LogP contribution in [0.15, 0.2) is 33.5 Å². The van der Waals surface area contributed by atoms with Crippen LogP contribution in [0, 0.1) is 0 Å². The van der Waals surface area contributed by atoms with Crippen molar-refractivity contribution < 1.29 is 14.0 Å². The van der Waals surface area contributed by atoms with E-state index in [9.17, 15) is 14.4 Å². The van der Waals surface area contributed by atoms with E-state index in [-0.39, 0.29) is 24.8 Å². The molecule has 2 amide bonds. The summed E-state index contributed by atoms with van der Waals surface area (Å²) in [6, 6.07) is 6.44. The summed E-state index contributed by atoms with van der Waals surface area (Å²) in [6.45, 7) is 4.36. The molecule has 1 heterocycles. The van der Waals surface area contributed by atoms with Gasteiger partial charge in [-0.1, -0.05) is 19.1 Å². The molecule has 124 valence electrons. The van der Waals surface area contributed by atoms with Crippen molar-refractivity contribution in [3.05, 3.63) is 34.8 Å². The van der Waals surface area contributed by atoms with E-state index in [1.165, 1.54) is 4.57 Å². The molecular formula is C16H21N3O4. The monoisotopic (exact) mass is 319 g/mol. The van der Waals surface area contributed by atoms with E-state index in [0.29, 0.717) is 17.6 Å². The summed E-state index contributed by atoms with van der Waals surface area (Å²) in [5.74, 6) is -1.000. The van der Waals surface area contributed by atoms with Gasteiger partial charge in [-0.2, -0.15) is 0 Å². The van der Waals surface area contributed by atoms with Gasteiger partial charge >= 0.3 is 5.76 Å². The number of amides is 2. The Morgan fingerprint density at radius 3 is 2.78 bits per heavy atom. The van der Waals surface area contributed by atoms with Gasteiger partial charge in [-0.3, -0.25) is 14.2 Å². The van der Waals surface area contributed by atoms with Gasteiger partial charge in [0.2, 0.25) is 11.8 Å². The Kier molecular flexibility index (Phi) is 5.56. The number of aryl methyl sites for hydroxylation is 1. The Labute approximate surface area is 133 Å². The molecule has 0 saturated carbocycles. The molecule has 0 bridgehead atoms. The number of nitrogens with zero attached hydrogens (tertiary/aromatic N) is 1. The second-order valence-electron chi connectivity index (χ2n) is 5.32. The second kappa shape index (κ2) is 7.62. The van der Waals surface area contributed by atoms with Crippen LogP contribution in [0.25, 0.3) is 11.1 Å². The molecule has 0 spiro atoms. The first-order valence-corrected chi connectivity index (χ1v) is 7.68. The smallest absolute Gasteiger partial charge is 0.408 e. The van der Waals surface area contributed by atoms with Crippen LogP contribution in [0.5, 0.6) is 0 Å². The molecule has 1 aromatic carbocycles. The lowest BCUT2D eigenvalue weighted by atomic mass is 10.2. The van der Waals surface area contributed by atoms with E-state index < -0.39 is 11.8 Å². The fourth-order valence-corrected chi connectivity index (χ4v) is 2.22. The number of hydrogen-bond donors (Lipinski definition) is 2. The molecule has 0 radical (unpaired) electrons. The highest BCUT2D eigenvalue weighted by Crippen LogP contribution is 2.11. The van der Waals surface area contributed by atoms with Crippen molar-refractivity contribution in [2.75, 3.05) is 6.54 Å². The van der Waals surface area contributed by atoms with Crippen LogP contribution < -0.4 is 16.4 Å². The van der Waals surface area contributed by atoms with Gasteiger partial charge in [-0.05, 0) is 25.5 Å². The van der Waals surface area contributed by atoms with Crippen LogP contribution in [-0.4, -0.2) is 29.0 Å². The molecule has 23 heavy (non-hydrogen) atoms. The first-order valence-electron chi connectivity index (χ1n) is 7.68. The lowest BCUT2D eigenvalue weighted by Crippen LogP contribution is -2.45. The molecule has 7 nitrogen and oxygen atoms in total. The molecule has 2 rings (SSSR count). The van der Waals surface area contributed by atoms with Crippen molar-refractivity contribution in [3.63, 3.8) is 0 Å². The zero-order valence-electron chi connectivity index (χ0n) is 13.3. The quantitative estimate of drug-likeness (QED) is 0.796. The molecule has 0 aliphatic heterocycles. The van der Waals surface area contributed by atoms with E-state index in [4.69, 9.17) is 4.42 Å². The lowest BCUT2D eigenvalue weighted by Gasteiger charge is -2.13. The molecule has 7 heteroatoms. The lowest BCUT2D eigenvalue weighted by molar-refractivity contribution is -0.128. The topological polar surface area (TPSA) is 93.3 Å². The van der Waals surface area contributed by atoms with Crippen molar-refractivity contribution in [1.29, 1.82) is 0 Å². The largest absolute Gasteiger partial charge is 0.419 e. The van der Waals surface area contributed by atoms with Crippen LogP contribution >= 0.6 is 0 Å². The third kappa shape index (κ3) is 4.21. The van der Waals surface area contributed by atoms with Gasteiger partial charge in [0.15, 0.2) is 5.58 Å². The summed E-state index contributed by atoms with van der Waals surface area (Å²) in [7, 11) is 0. The predicted molar refractivity (Wildman–Crippen MR) is 86.0 cm³/mol. The second-order valence-corrected chi connectivity index (χ2v) is 5.32. The van der Waals surface area contributed by atoms with Crippen LogP contribution in [0.3, 0.4) is 0 Å². The Hall–Kier alpha value is -2.57. The normalized spacial score (nSPS) is 12.1. The van der Waals surface area contributed by atoms with Crippen molar-refractivity contribution in [1.82, 2.24) is 15.2 Å². The highest BCUT2D eigenvalue weighted by atomic mass is 16.4. The van der Waals surface area contributed by atoms with Gasteiger partial charge < -0.3 is 15.1 Å². The molecule has 0 aliphatic carbocycles. The van der Waals surface area contributed by atoms with Gasteiger partial charge in [-0.15, -0.1) is 0 Å². The van der Waals surface area contributed by atoms with Crippen molar-refractivity contribution in [2.45, 2.75) is 39.3 Å². The SMILES string of the molecule is CCCNC(=O)[C@@H](C)NC(=O)CCn1c(=O)oc2ccccc21. The first kappa shape index (κ1) is 16.8. The minimum Gasteiger partial charge on any atom is -0.408 e. The van der Waals surface area contributed by atoms with Gasteiger partial charge in [0.25, 0.3) is 0 Å². The van der Waals surface area contributed by atoms with E-state index in [2.05, 4.69) is 10.6 Å². The maximum absolute atomic E-state index is 11.9. The van der Waals surface area contributed by atoms with Gasteiger partial charge in [0.1, 0.15) is 6.04 Å². The average Bonchev–Trinajstić information content (AvgIpc) is 2.85. The van der Waals surface area contributed by atoms with Crippen molar-refractivity contribution in [3.8, 4) is 0 Å². The zero-order chi connectivity index (χ0) is 16.8. The van der Waals surface area contributed by atoms with Gasteiger partial charge in [0.05, 0.1) is 5.52 Å². The molecule has 0 saturated heterocycles. The van der Waals surface area contributed by atoms with E-state index >= 15 is 0 Å². The number of oxazole rings is 1.